The quantitative estimate of drug-likeness (QED) is 0.790. The van der Waals surface area contributed by atoms with Crippen LogP contribution in [0.4, 0.5) is 0 Å². The molecule has 25 heavy (non-hydrogen) atoms. The minimum Gasteiger partial charge on any atom is -0.396 e. The van der Waals surface area contributed by atoms with Gasteiger partial charge in [-0.2, -0.15) is 11.8 Å². The van der Waals surface area contributed by atoms with Crippen LogP contribution in [-0.2, 0) is 5.75 Å². The Bertz CT molecular complexity index is 714. The summed E-state index contributed by atoms with van der Waals surface area (Å²) in [4.78, 5) is 14.7. The summed E-state index contributed by atoms with van der Waals surface area (Å²) in [5, 5.41) is 8.85. The summed E-state index contributed by atoms with van der Waals surface area (Å²) < 4.78 is 0. The number of aliphatic hydroxyl groups excluding tert-OH is 1. The molecule has 0 spiro atoms. The van der Waals surface area contributed by atoms with E-state index in [0.29, 0.717) is 6.04 Å². The van der Waals surface area contributed by atoms with Gasteiger partial charge in [-0.3, -0.25) is 4.79 Å². The number of carbonyl (C=O) groups is 1. The number of rotatable bonds is 6. The first kappa shape index (κ1) is 18.0. The van der Waals surface area contributed by atoms with Crippen LogP contribution in [0.1, 0.15) is 35.7 Å². The first-order chi connectivity index (χ1) is 12.2. The van der Waals surface area contributed by atoms with Crippen LogP contribution in [0, 0.1) is 0 Å². The highest BCUT2D eigenvalue weighted by Gasteiger charge is 2.25. The monoisotopic (exact) mass is 355 g/mol. The smallest absolute Gasteiger partial charge is 0.254 e. The molecule has 4 heteroatoms. The number of nitrogens with zero attached hydrogens (tertiary/aromatic N) is 1. The average Bonchev–Trinajstić information content (AvgIpc) is 3.08. The van der Waals surface area contributed by atoms with Gasteiger partial charge in [0.15, 0.2) is 0 Å². The Kier molecular flexibility index (Phi) is 6.16. The van der Waals surface area contributed by atoms with Crippen LogP contribution in [0.3, 0.4) is 0 Å². The molecule has 1 heterocycles. The molecule has 3 nitrogen and oxygen atoms in total. The van der Waals surface area contributed by atoms with E-state index in [4.69, 9.17) is 5.11 Å². The van der Waals surface area contributed by atoms with Crippen molar-refractivity contribution in [1.29, 1.82) is 0 Å². The van der Waals surface area contributed by atoms with Gasteiger partial charge >= 0.3 is 0 Å². The zero-order chi connectivity index (χ0) is 17.6. The van der Waals surface area contributed by atoms with E-state index in [-0.39, 0.29) is 12.5 Å². The topological polar surface area (TPSA) is 40.5 Å². The summed E-state index contributed by atoms with van der Waals surface area (Å²) in [6.45, 7) is 3.21. The van der Waals surface area contributed by atoms with E-state index in [1.807, 2.05) is 23.1 Å². The van der Waals surface area contributed by atoms with Crippen LogP contribution >= 0.6 is 11.8 Å². The van der Waals surface area contributed by atoms with Crippen LogP contribution in [0.25, 0.3) is 11.1 Å². The highest BCUT2D eigenvalue weighted by atomic mass is 32.2. The maximum atomic E-state index is 12.7. The first-order valence-corrected chi connectivity index (χ1v) is 10.0. The van der Waals surface area contributed by atoms with E-state index in [1.165, 1.54) is 5.56 Å². The molecule has 2 aromatic rings. The Labute approximate surface area is 154 Å². The number of amides is 1. The fourth-order valence-corrected chi connectivity index (χ4v) is 3.98. The Morgan fingerprint density at radius 2 is 2.00 bits per heavy atom. The summed E-state index contributed by atoms with van der Waals surface area (Å²) in [5.41, 5.74) is 4.22. The molecule has 1 atom stereocenters. The van der Waals surface area contributed by atoms with Gasteiger partial charge < -0.3 is 10.0 Å². The molecule has 1 aliphatic rings. The van der Waals surface area contributed by atoms with Crippen molar-refractivity contribution in [3.63, 3.8) is 0 Å². The van der Waals surface area contributed by atoms with Gasteiger partial charge in [-0.15, -0.1) is 0 Å². The zero-order valence-corrected chi connectivity index (χ0v) is 15.5. The van der Waals surface area contributed by atoms with E-state index in [0.717, 1.165) is 47.6 Å². The second-order valence-electron chi connectivity index (χ2n) is 6.54. The van der Waals surface area contributed by atoms with Gasteiger partial charge in [0.05, 0.1) is 6.61 Å². The molecular weight excluding hydrogens is 330 g/mol. The SMILES string of the molecule is CC1CCCN1C(=O)c1cccc(-c2ccc(CSCCO)cc2)c1. The molecule has 1 aliphatic heterocycles. The van der Waals surface area contributed by atoms with Crippen molar-refractivity contribution in [2.45, 2.75) is 31.6 Å². The van der Waals surface area contributed by atoms with E-state index in [9.17, 15) is 4.79 Å². The molecule has 0 aromatic heterocycles. The highest BCUT2D eigenvalue weighted by molar-refractivity contribution is 7.98. The number of thioether (sulfide) groups is 1. The lowest BCUT2D eigenvalue weighted by Gasteiger charge is -2.21. The molecular formula is C21H25NO2S. The predicted octanol–water partition coefficient (Wildman–Crippen LogP) is 4.20. The number of benzene rings is 2. The van der Waals surface area contributed by atoms with Crippen molar-refractivity contribution in [2.24, 2.45) is 0 Å². The maximum absolute atomic E-state index is 12.7. The molecule has 3 rings (SSSR count). The summed E-state index contributed by atoms with van der Waals surface area (Å²) in [7, 11) is 0. The minimum absolute atomic E-state index is 0.142. The second-order valence-corrected chi connectivity index (χ2v) is 7.65. The normalized spacial score (nSPS) is 17.0. The third kappa shape index (κ3) is 4.44. The van der Waals surface area contributed by atoms with Crippen LogP contribution in [0.15, 0.2) is 48.5 Å². The van der Waals surface area contributed by atoms with Gasteiger partial charge in [0.1, 0.15) is 0 Å². The van der Waals surface area contributed by atoms with E-state index < -0.39 is 0 Å². The van der Waals surface area contributed by atoms with Crippen LogP contribution < -0.4 is 0 Å². The molecule has 0 aliphatic carbocycles. The lowest BCUT2D eigenvalue weighted by atomic mass is 10.0. The number of carbonyl (C=O) groups excluding carboxylic acids is 1. The van der Waals surface area contributed by atoms with Crippen molar-refractivity contribution in [2.75, 3.05) is 18.9 Å². The number of likely N-dealkylation sites (tertiary alicyclic amines) is 1. The third-order valence-electron chi connectivity index (χ3n) is 4.71. The Morgan fingerprint density at radius 1 is 1.20 bits per heavy atom. The average molecular weight is 356 g/mol. The summed E-state index contributed by atoms with van der Waals surface area (Å²) in [6, 6.07) is 16.7. The van der Waals surface area contributed by atoms with Gasteiger partial charge in [-0.05, 0) is 48.6 Å². The number of hydrogen-bond acceptors (Lipinski definition) is 3. The number of hydrogen-bond donors (Lipinski definition) is 1. The highest BCUT2D eigenvalue weighted by Crippen LogP contribution is 2.25. The summed E-state index contributed by atoms with van der Waals surface area (Å²) in [5.74, 6) is 1.82. The standard InChI is InChI=1S/C21H25NO2S/c1-16-4-3-11-22(16)21(24)20-6-2-5-19(14-20)18-9-7-17(8-10-18)15-25-13-12-23/h2,5-10,14,16,23H,3-4,11-13,15H2,1H3. The van der Waals surface area contributed by atoms with Crippen LogP contribution in [-0.4, -0.2) is 40.9 Å². The van der Waals surface area contributed by atoms with Gasteiger partial charge in [0.25, 0.3) is 5.91 Å². The molecule has 1 N–H and O–H groups in total. The molecule has 2 aromatic carbocycles. The Hall–Kier alpha value is -1.78. The zero-order valence-electron chi connectivity index (χ0n) is 14.6. The van der Waals surface area contributed by atoms with Crippen molar-refractivity contribution in [1.82, 2.24) is 4.90 Å². The molecule has 1 saturated heterocycles. The third-order valence-corrected chi connectivity index (χ3v) is 5.72. The van der Waals surface area contributed by atoms with Gasteiger partial charge in [0.2, 0.25) is 0 Å². The molecule has 0 radical (unpaired) electrons. The molecule has 132 valence electrons. The van der Waals surface area contributed by atoms with Crippen LogP contribution in [0.2, 0.25) is 0 Å². The van der Waals surface area contributed by atoms with Crippen molar-refractivity contribution >= 4 is 17.7 Å². The lowest BCUT2D eigenvalue weighted by Crippen LogP contribution is -2.33. The van der Waals surface area contributed by atoms with Gasteiger partial charge in [-0.25, -0.2) is 0 Å². The van der Waals surface area contributed by atoms with E-state index >= 15 is 0 Å². The predicted molar refractivity (Wildman–Crippen MR) is 105 cm³/mol. The van der Waals surface area contributed by atoms with Crippen molar-refractivity contribution < 1.29 is 9.90 Å². The fourth-order valence-electron chi connectivity index (χ4n) is 3.28. The molecule has 1 amide bonds. The Morgan fingerprint density at radius 3 is 2.68 bits per heavy atom. The first-order valence-electron chi connectivity index (χ1n) is 8.88. The largest absolute Gasteiger partial charge is 0.396 e. The summed E-state index contributed by atoms with van der Waals surface area (Å²) in [6.07, 6.45) is 2.20. The lowest BCUT2D eigenvalue weighted by molar-refractivity contribution is 0.0747. The maximum Gasteiger partial charge on any atom is 0.254 e. The number of aliphatic hydroxyl groups is 1. The van der Waals surface area contributed by atoms with E-state index in [1.54, 1.807) is 11.8 Å². The molecule has 1 fully saturated rings. The van der Waals surface area contributed by atoms with Gasteiger partial charge in [0, 0.05) is 29.7 Å². The fraction of sp³-hybridized carbons (Fsp3) is 0.381. The second kappa shape index (κ2) is 8.54. The van der Waals surface area contributed by atoms with Gasteiger partial charge in [-0.1, -0.05) is 36.4 Å². The Balaban J connectivity index is 1.73. The van der Waals surface area contributed by atoms with Crippen LogP contribution in [0.5, 0.6) is 0 Å². The summed E-state index contributed by atoms with van der Waals surface area (Å²) >= 11 is 1.73. The van der Waals surface area contributed by atoms with Crippen molar-refractivity contribution in [3.05, 3.63) is 59.7 Å². The molecule has 0 saturated carbocycles. The van der Waals surface area contributed by atoms with Crippen molar-refractivity contribution in [3.8, 4) is 11.1 Å². The molecule has 0 bridgehead atoms. The van der Waals surface area contributed by atoms with E-state index in [2.05, 4.69) is 37.3 Å². The minimum atomic E-state index is 0.142. The molecule has 1 unspecified atom stereocenters.